The topological polar surface area (TPSA) is 22.0 Å². The van der Waals surface area contributed by atoms with Gasteiger partial charge in [-0.05, 0) is 24.6 Å². The standard InChI is InChI=1S/C11H10BrNO/c1-7-5-11(14)13(2)10-6-8(12)3-4-9(7)10/h3-6H,1-2H3. The molecule has 0 N–H and O–H groups in total. The number of rotatable bonds is 0. The summed E-state index contributed by atoms with van der Waals surface area (Å²) >= 11 is 3.40. The zero-order valence-corrected chi connectivity index (χ0v) is 9.63. The molecule has 1 heterocycles. The van der Waals surface area contributed by atoms with Crippen molar-refractivity contribution in [3.05, 3.63) is 44.7 Å². The van der Waals surface area contributed by atoms with E-state index in [0.717, 1.165) is 20.9 Å². The highest BCUT2D eigenvalue weighted by molar-refractivity contribution is 9.10. The predicted octanol–water partition coefficient (Wildman–Crippen LogP) is 2.61. The molecule has 0 aliphatic rings. The van der Waals surface area contributed by atoms with Crippen LogP contribution in [0.5, 0.6) is 0 Å². The summed E-state index contributed by atoms with van der Waals surface area (Å²) in [5.74, 6) is 0. The highest BCUT2D eigenvalue weighted by atomic mass is 79.9. The summed E-state index contributed by atoms with van der Waals surface area (Å²) in [4.78, 5) is 11.5. The molecule has 1 aromatic carbocycles. The van der Waals surface area contributed by atoms with Gasteiger partial charge in [0.2, 0.25) is 0 Å². The minimum Gasteiger partial charge on any atom is -0.311 e. The Balaban J connectivity index is 3.03. The average Bonchev–Trinajstić information content (AvgIpc) is 2.14. The molecule has 2 aromatic rings. The van der Waals surface area contributed by atoms with Gasteiger partial charge in [0.15, 0.2) is 0 Å². The van der Waals surface area contributed by atoms with Crippen molar-refractivity contribution in [2.24, 2.45) is 7.05 Å². The van der Waals surface area contributed by atoms with Gasteiger partial charge in [0.1, 0.15) is 0 Å². The molecule has 72 valence electrons. The molecular weight excluding hydrogens is 242 g/mol. The summed E-state index contributed by atoms with van der Waals surface area (Å²) in [6.45, 7) is 1.96. The maximum atomic E-state index is 11.5. The lowest BCUT2D eigenvalue weighted by molar-refractivity contribution is 0.902. The minimum absolute atomic E-state index is 0.0353. The van der Waals surface area contributed by atoms with Gasteiger partial charge >= 0.3 is 0 Å². The molecule has 1 aromatic heterocycles. The van der Waals surface area contributed by atoms with Crippen LogP contribution in [-0.2, 0) is 7.05 Å². The Bertz CT molecular complexity index is 557. The fraction of sp³-hybridized carbons (Fsp3) is 0.182. The van der Waals surface area contributed by atoms with E-state index in [1.807, 2.05) is 25.1 Å². The molecule has 0 aliphatic heterocycles. The van der Waals surface area contributed by atoms with E-state index in [9.17, 15) is 4.79 Å². The molecule has 0 spiro atoms. The minimum atomic E-state index is 0.0353. The van der Waals surface area contributed by atoms with Crippen LogP contribution in [0.3, 0.4) is 0 Å². The highest BCUT2D eigenvalue weighted by Crippen LogP contribution is 2.20. The predicted molar refractivity (Wildman–Crippen MR) is 61.6 cm³/mol. The van der Waals surface area contributed by atoms with E-state index >= 15 is 0 Å². The van der Waals surface area contributed by atoms with Gasteiger partial charge < -0.3 is 4.57 Å². The van der Waals surface area contributed by atoms with Crippen LogP contribution in [0.2, 0.25) is 0 Å². The van der Waals surface area contributed by atoms with Gasteiger partial charge in [-0.15, -0.1) is 0 Å². The summed E-state index contributed by atoms with van der Waals surface area (Å²) in [7, 11) is 1.79. The molecule has 0 radical (unpaired) electrons. The van der Waals surface area contributed by atoms with Gasteiger partial charge in [0.25, 0.3) is 5.56 Å². The molecule has 14 heavy (non-hydrogen) atoms. The molecule has 2 nitrogen and oxygen atoms in total. The van der Waals surface area contributed by atoms with Crippen molar-refractivity contribution in [2.75, 3.05) is 0 Å². The number of hydrogen-bond donors (Lipinski definition) is 0. The van der Waals surface area contributed by atoms with Gasteiger partial charge in [0.05, 0.1) is 5.52 Å². The Morgan fingerprint density at radius 3 is 2.71 bits per heavy atom. The van der Waals surface area contributed by atoms with Crippen LogP contribution in [0.25, 0.3) is 10.9 Å². The number of nitrogens with zero attached hydrogens (tertiary/aromatic N) is 1. The van der Waals surface area contributed by atoms with Gasteiger partial charge in [-0.25, -0.2) is 0 Å². The third-order valence-electron chi connectivity index (χ3n) is 2.42. The molecular formula is C11H10BrNO. The Morgan fingerprint density at radius 2 is 2.00 bits per heavy atom. The molecule has 0 fully saturated rings. The smallest absolute Gasteiger partial charge is 0.251 e. The Hall–Kier alpha value is -1.09. The van der Waals surface area contributed by atoms with Crippen LogP contribution in [-0.4, -0.2) is 4.57 Å². The van der Waals surface area contributed by atoms with E-state index in [2.05, 4.69) is 15.9 Å². The fourth-order valence-electron chi connectivity index (χ4n) is 1.59. The molecule has 0 saturated carbocycles. The van der Waals surface area contributed by atoms with Crippen molar-refractivity contribution >= 4 is 26.8 Å². The summed E-state index contributed by atoms with van der Waals surface area (Å²) in [6, 6.07) is 7.63. The van der Waals surface area contributed by atoms with Crippen molar-refractivity contribution in [2.45, 2.75) is 6.92 Å². The maximum Gasteiger partial charge on any atom is 0.251 e. The molecule has 0 unspecified atom stereocenters. The lowest BCUT2D eigenvalue weighted by Gasteiger charge is -2.07. The molecule has 3 heteroatoms. The van der Waals surface area contributed by atoms with E-state index in [-0.39, 0.29) is 5.56 Å². The number of pyridine rings is 1. The summed E-state index contributed by atoms with van der Waals surface area (Å²) in [6.07, 6.45) is 0. The number of aromatic nitrogens is 1. The second-order valence-corrected chi connectivity index (χ2v) is 4.30. The van der Waals surface area contributed by atoms with Crippen molar-refractivity contribution in [1.29, 1.82) is 0 Å². The van der Waals surface area contributed by atoms with Crippen LogP contribution in [0.1, 0.15) is 5.56 Å². The third-order valence-corrected chi connectivity index (χ3v) is 2.91. The quantitative estimate of drug-likeness (QED) is 0.706. The first kappa shape index (κ1) is 9.46. The zero-order chi connectivity index (χ0) is 10.3. The Labute approximate surface area is 90.3 Å². The lowest BCUT2D eigenvalue weighted by Crippen LogP contribution is -2.16. The first-order valence-corrected chi connectivity index (χ1v) is 5.15. The van der Waals surface area contributed by atoms with Gasteiger partial charge in [-0.2, -0.15) is 0 Å². The largest absolute Gasteiger partial charge is 0.311 e. The first-order chi connectivity index (χ1) is 6.59. The van der Waals surface area contributed by atoms with Crippen LogP contribution < -0.4 is 5.56 Å². The average molecular weight is 252 g/mol. The van der Waals surface area contributed by atoms with Gasteiger partial charge in [-0.1, -0.05) is 22.0 Å². The third kappa shape index (κ3) is 1.38. The van der Waals surface area contributed by atoms with Gasteiger partial charge in [0, 0.05) is 23.0 Å². The molecule has 0 amide bonds. The Kier molecular flexibility index (Phi) is 2.19. The molecule has 0 bridgehead atoms. The van der Waals surface area contributed by atoms with Crippen molar-refractivity contribution in [1.82, 2.24) is 4.57 Å². The first-order valence-electron chi connectivity index (χ1n) is 4.35. The normalized spacial score (nSPS) is 10.8. The second-order valence-electron chi connectivity index (χ2n) is 3.39. The molecule has 0 atom stereocenters. The number of benzene rings is 1. The highest BCUT2D eigenvalue weighted by Gasteiger charge is 2.03. The fourth-order valence-corrected chi connectivity index (χ4v) is 1.94. The maximum absolute atomic E-state index is 11.5. The van der Waals surface area contributed by atoms with Crippen molar-refractivity contribution in [3.63, 3.8) is 0 Å². The van der Waals surface area contributed by atoms with Gasteiger partial charge in [-0.3, -0.25) is 4.79 Å². The van der Waals surface area contributed by atoms with Crippen LogP contribution in [0.4, 0.5) is 0 Å². The monoisotopic (exact) mass is 251 g/mol. The second kappa shape index (κ2) is 3.24. The summed E-state index contributed by atoms with van der Waals surface area (Å²) in [5.41, 5.74) is 2.02. The van der Waals surface area contributed by atoms with E-state index in [1.54, 1.807) is 17.7 Å². The Morgan fingerprint density at radius 1 is 1.29 bits per heavy atom. The van der Waals surface area contributed by atoms with Crippen LogP contribution in [0.15, 0.2) is 33.5 Å². The molecule has 0 aliphatic carbocycles. The number of aryl methyl sites for hydroxylation is 2. The van der Waals surface area contributed by atoms with E-state index in [4.69, 9.17) is 0 Å². The SMILES string of the molecule is Cc1cc(=O)n(C)c2cc(Br)ccc12. The number of halogens is 1. The summed E-state index contributed by atoms with van der Waals surface area (Å²) < 4.78 is 2.65. The van der Waals surface area contributed by atoms with E-state index < -0.39 is 0 Å². The van der Waals surface area contributed by atoms with Crippen molar-refractivity contribution in [3.8, 4) is 0 Å². The van der Waals surface area contributed by atoms with E-state index in [1.165, 1.54) is 0 Å². The zero-order valence-electron chi connectivity index (χ0n) is 8.04. The van der Waals surface area contributed by atoms with Crippen LogP contribution in [0, 0.1) is 6.92 Å². The molecule has 2 rings (SSSR count). The lowest BCUT2D eigenvalue weighted by atomic mass is 10.1. The summed E-state index contributed by atoms with van der Waals surface area (Å²) in [5, 5.41) is 1.12. The van der Waals surface area contributed by atoms with Crippen molar-refractivity contribution < 1.29 is 0 Å². The van der Waals surface area contributed by atoms with Crippen LogP contribution >= 0.6 is 15.9 Å². The molecule has 0 saturated heterocycles. The number of fused-ring (bicyclic) bond motifs is 1. The van der Waals surface area contributed by atoms with E-state index in [0.29, 0.717) is 0 Å². The number of hydrogen-bond acceptors (Lipinski definition) is 1.